The van der Waals surface area contributed by atoms with Gasteiger partial charge >= 0.3 is 0 Å². The van der Waals surface area contributed by atoms with E-state index in [2.05, 4.69) is 23.7 Å². The molecule has 0 unspecified atom stereocenters. The van der Waals surface area contributed by atoms with Gasteiger partial charge in [-0.15, -0.1) is 0 Å². The second-order valence-corrected chi connectivity index (χ2v) is 5.04. The highest BCUT2D eigenvalue weighted by molar-refractivity contribution is 6.31. The van der Waals surface area contributed by atoms with E-state index in [0.717, 1.165) is 40.1 Å². The number of fused-ring (bicyclic) bond motifs is 1. The third-order valence-electron chi connectivity index (χ3n) is 3.20. The van der Waals surface area contributed by atoms with Crippen LogP contribution in [0.5, 0.6) is 0 Å². The van der Waals surface area contributed by atoms with E-state index >= 15 is 0 Å². The first-order valence-corrected chi connectivity index (χ1v) is 6.89. The number of nitrogens with zero attached hydrogens (tertiary/aromatic N) is 2. The van der Waals surface area contributed by atoms with Gasteiger partial charge in [-0.05, 0) is 24.6 Å². The number of aromatic nitrogens is 2. The summed E-state index contributed by atoms with van der Waals surface area (Å²) in [5.41, 5.74) is 3.28. The molecule has 3 aromatic rings. The maximum absolute atomic E-state index is 6.13. The van der Waals surface area contributed by atoms with Crippen molar-refractivity contribution in [2.24, 2.45) is 0 Å². The van der Waals surface area contributed by atoms with E-state index in [4.69, 9.17) is 16.7 Å². The van der Waals surface area contributed by atoms with Gasteiger partial charge in [0.1, 0.15) is 5.69 Å². The van der Waals surface area contributed by atoms with Crippen LogP contribution in [0, 0.1) is 0 Å². The number of rotatable bonds is 3. The second kappa shape index (κ2) is 5.06. The highest BCUT2D eigenvalue weighted by Crippen LogP contribution is 2.30. The average molecular weight is 271 g/mol. The van der Waals surface area contributed by atoms with Crippen LogP contribution in [0.15, 0.2) is 48.5 Å². The zero-order chi connectivity index (χ0) is 13.2. The largest absolute Gasteiger partial charge is 0.264 e. The normalized spacial score (nSPS) is 11.1. The second-order valence-electron chi connectivity index (χ2n) is 4.60. The summed E-state index contributed by atoms with van der Waals surface area (Å²) in [5, 5.41) is 6.62. The van der Waals surface area contributed by atoms with Crippen LogP contribution in [0.4, 0.5) is 0 Å². The molecule has 1 heterocycles. The summed E-state index contributed by atoms with van der Waals surface area (Å²) < 4.78 is 2.06. The van der Waals surface area contributed by atoms with E-state index < -0.39 is 0 Å². The summed E-state index contributed by atoms with van der Waals surface area (Å²) in [6.45, 7) is 3.08. The van der Waals surface area contributed by atoms with Gasteiger partial charge in [0.05, 0.1) is 5.52 Å². The molecular weight excluding hydrogens is 256 g/mol. The van der Waals surface area contributed by atoms with Crippen molar-refractivity contribution in [1.82, 2.24) is 9.78 Å². The maximum Gasteiger partial charge on any atom is 0.100 e. The van der Waals surface area contributed by atoms with Crippen LogP contribution in [0.3, 0.4) is 0 Å². The third-order valence-corrected chi connectivity index (χ3v) is 3.43. The Labute approximate surface area is 117 Å². The summed E-state index contributed by atoms with van der Waals surface area (Å²) in [6.07, 6.45) is 1.06. The first-order chi connectivity index (χ1) is 9.29. The summed E-state index contributed by atoms with van der Waals surface area (Å²) in [5.74, 6) is 0. The van der Waals surface area contributed by atoms with Crippen LogP contribution in [0.1, 0.15) is 13.3 Å². The lowest BCUT2D eigenvalue weighted by Crippen LogP contribution is -1.98. The number of benzene rings is 2. The van der Waals surface area contributed by atoms with Gasteiger partial charge in [-0.25, -0.2) is 0 Å². The van der Waals surface area contributed by atoms with Crippen molar-refractivity contribution in [3.8, 4) is 11.3 Å². The van der Waals surface area contributed by atoms with Crippen molar-refractivity contribution in [2.75, 3.05) is 0 Å². The van der Waals surface area contributed by atoms with E-state index in [1.54, 1.807) is 0 Å². The monoisotopic (exact) mass is 270 g/mol. The molecule has 3 rings (SSSR count). The van der Waals surface area contributed by atoms with Crippen LogP contribution >= 0.6 is 11.6 Å². The van der Waals surface area contributed by atoms with E-state index in [9.17, 15) is 0 Å². The Bertz CT molecular complexity index is 701. The molecule has 2 nitrogen and oxygen atoms in total. The molecular formula is C16H15ClN2. The van der Waals surface area contributed by atoms with Crippen LogP contribution in [0.25, 0.3) is 22.2 Å². The van der Waals surface area contributed by atoms with E-state index in [-0.39, 0.29) is 0 Å². The fourth-order valence-corrected chi connectivity index (χ4v) is 2.52. The molecule has 0 aliphatic carbocycles. The van der Waals surface area contributed by atoms with Gasteiger partial charge in [0.15, 0.2) is 0 Å². The molecule has 0 aliphatic rings. The SMILES string of the molecule is CCCn1nc(-c2ccccc2)c2cc(Cl)ccc21. The van der Waals surface area contributed by atoms with Crippen LogP contribution < -0.4 is 0 Å². The van der Waals surface area contributed by atoms with Crippen molar-refractivity contribution in [1.29, 1.82) is 0 Å². The number of hydrogen-bond acceptors (Lipinski definition) is 1. The quantitative estimate of drug-likeness (QED) is 0.670. The van der Waals surface area contributed by atoms with Crippen molar-refractivity contribution in [3.05, 3.63) is 53.6 Å². The lowest BCUT2D eigenvalue weighted by molar-refractivity contribution is 0.624. The lowest BCUT2D eigenvalue weighted by atomic mass is 10.1. The molecule has 3 heteroatoms. The molecule has 1 aromatic heterocycles. The smallest absolute Gasteiger partial charge is 0.100 e. The average Bonchev–Trinajstić information content (AvgIpc) is 2.78. The molecule has 2 aromatic carbocycles. The Kier molecular flexibility index (Phi) is 3.26. The summed E-state index contributed by atoms with van der Waals surface area (Å²) in [6, 6.07) is 16.2. The van der Waals surface area contributed by atoms with E-state index in [1.807, 2.05) is 36.4 Å². The van der Waals surface area contributed by atoms with Gasteiger partial charge < -0.3 is 0 Å². The predicted octanol–water partition coefficient (Wildman–Crippen LogP) is 4.77. The minimum Gasteiger partial charge on any atom is -0.264 e. The van der Waals surface area contributed by atoms with Crippen molar-refractivity contribution < 1.29 is 0 Å². The molecule has 96 valence electrons. The third kappa shape index (κ3) is 2.24. The minimum absolute atomic E-state index is 0.751. The Morgan fingerprint density at radius 2 is 1.89 bits per heavy atom. The highest BCUT2D eigenvalue weighted by Gasteiger charge is 2.11. The number of hydrogen-bond donors (Lipinski definition) is 0. The molecule has 0 N–H and O–H groups in total. The molecule has 0 saturated heterocycles. The topological polar surface area (TPSA) is 17.8 Å². The van der Waals surface area contributed by atoms with E-state index in [1.165, 1.54) is 0 Å². The molecule has 0 atom stereocenters. The first kappa shape index (κ1) is 12.2. The van der Waals surface area contributed by atoms with Crippen molar-refractivity contribution in [2.45, 2.75) is 19.9 Å². The Morgan fingerprint density at radius 1 is 1.11 bits per heavy atom. The van der Waals surface area contributed by atoms with Crippen molar-refractivity contribution in [3.63, 3.8) is 0 Å². The lowest BCUT2D eigenvalue weighted by Gasteiger charge is -1.99. The van der Waals surface area contributed by atoms with Gasteiger partial charge in [-0.2, -0.15) is 5.10 Å². The maximum atomic E-state index is 6.13. The Balaban J connectivity index is 2.26. The summed E-state index contributed by atoms with van der Waals surface area (Å²) in [4.78, 5) is 0. The van der Waals surface area contributed by atoms with Crippen LogP contribution in [-0.4, -0.2) is 9.78 Å². The minimum atomic E-state index is 0.751. The van der Waals surface area contributed by atoms with Gasteiger partial charge in [0.25, 0.3) is 0 Å². The van der Waals surface area contributed by atoms with Crippen molar-refractivity contribution >= 4 is 22.5 Å². The molecule has 0 fully saturated rings. The molecule has 0 amide bonds. The predicted molar refractivity (Wildman–Crippen MR) is 80.5 cm³/mol. The molecule has 0 aliphatic heterocycles. The summed E-state index contributed by atoms with van der Waals surface area (Å²) >= 11 is 6.13. The molecule has 19 heavy (non-hydrogen) atoms. The number of halogens is 1. The molecule has 0 bridgehead atoms. The number of aryl methyl sites for hydroxylation is 1. The molecule has 0 saturated carbocycles. The molecule has 0 spiro atoms. The molecule has 0 radical (unpaired) electrons. The Morgan fingerprint density at radius 3 is 2.63 bits per heavy atom. The Hall–Kier alpha value is -1.80. The summed E-state index contributed by atoms with van der Waals surface area (Å²) in [7, 11) is 0. The zero-order valence-electron chi connectivity index (χ0n) is 10.8. The zero-order valence-corrected chi connectivity index (χ0v) is 11.6. The fourth-order valence-electron chi connectivity index (χ4n) is 2.34. The van der Waals surface area contributed by atoms with Gasteiger partial charge in [0.2, 0.25) is 0 Å². The van der Waals surface area contributed by atoms with Gasteiger partial charge in [-0.1, -0.05) is 48.9 Å². The van der Waals surface area contributed by atoms with Crippen LogP contribution in [-0.2, 0) is 6.54 Å². The van der Waals surface area contributed by atoms with Crippen LogP contribution in [0.2, 0.25) is 5.02 Å². The standard InChI is InChI=1S/C16H15ClN2/c1-2-10-19-15-9-8-13(17)11-14(15)16(18-19)12-6-4-3-5-7-12/h3-9,11H,2,10H2,1H3. The fraction of sp³-hybridized carbons (Fsp3) is 0.188. The van der Waals surface area contributed by atoms with Gasteiger partial charge in [-0.3, -0.25) is 4.68 Å². The van der Waals surface area contributed by atoms with Gasteiger partial charge in [0, 0.05) is 22.5 Å². The van der Waals surface area contributed by atoms with E-state index in [0.29, 0.717) is 0 Å². The first-order valence-electron chi connectivity index (χ1n) is 6.51. The highest BCUT2D eigenvalue weighted by atomic mass is 35.5.